The fourth-order valence-electron chi connectivity index (χ4n) is 2.20. The minimum atomic E-state index is -0.249. The van der Waals surface area contributed by atoms with Crippen LogP contribution in [0.25, 0.3) is 6.08 Å². The molecule has 0 saturated carbocycles. The average molecular weight is 443 g/mol. The average Bonchev–Trinajstić information content (AvgIpc) is 2.70. The Morgan fingerprint density at radius 3 is 2.52 bits per heavy atom. The van der Waals surface area contributed by atoms with Crippen LogP contribution in [0.5, 0.6) is 11.5 Å². The van der Waals surface area contributed by atoms with Gasteiger partial charge in [-0.25, -0.2) is 0 Å². The Bertz CT molecular complexity index is 801. The summed E-state index contributed by atoms with van der Waals surface area (Å²) in [7, 11) is 1.52. The van der Waals surface area contributed by atoms with Crippen molar-refractivity contribution in [1.29, 1.82) is 0 Å². The van der Waals surface area contributed by atoms with Crippen LogP contribution in [0.4, 0.5) is 0 Å². The number of pyridine rings is 2. The fraction of sp³-hybridized carbons (Fsp3) is 0.300. The van der Waals surface area contributed by atoms with Crippen molar-refractivity contribution in [3.8, 4) is 11.5 Å². The molecule has 0 aliphatic heterocycles. The number of allylic oxidation sites excluding steroid dienone is 1. The van der Waals surface area contributed by atoms with Crippen LogP contribution in [0.2, 0.25) is 0 Å². The van der Waals surface area contributed by atoms with Crippen LogP contribution in [0, 0.1) is 0 Å². The van der Waals surface area contributed by atoms with E-state index in [0.717, 1.165) is 0 Å². The van der Waals surface area contributed by atoms with E-state index in [1.807, 2.05) is 0 Å². The number of ketones is 1. The lowest BCUT2D eigenvalue weighted by molar-refractivity contribution is -0.143. The molecule has 29 heavy (non-hydrogen) atoms. The first-order chi connectivity index (χ1) is 13.1. The van der Waals surface area contributed by atoms with Crippen LogP contribution in [-0.4, -0.2) is 42.0 Å². The van der Waals surface area contributed by atoms with Gasteiger partial charge in [0.1, 0.15) is 0 Å². The number of nitrogens with zero attached hydrogens (tertiary/aromatic N) is 2. The van der Waals surface area contributed by atoms with Gasteiger partial charge in [0, 0.05) is 30.4 Å². The normalized spacial score (nSPS) is 9.86. The van der Waals surface area contributed by atoms with E-state index in [1.165, 1.54) is 19.4 Å². The molecule has 9 heteroatoms. The zero-order chi connectivity index (χ0) is 19.5. The van der Waals surface area contributed by atoms with Gasteiger partial charge in [0.05, 0.1) is 32.2 Å². The summed E-state index contributed by atoms with van der Waals surface area (Å²) in [4.78, 5) is 31.6. The number of methoxy groups -OCH3 is 1. The molecule has 0 bridgehead atoms. The molecule has 0 amide bonds. The molecule has 0 aliphatic rings. The van der Waals surface area contributed by atoms with Crippen molar-refractivity contribution in [2.45, 2.75) is 19.8 Å². The van der Waals surface area contributed by atoms with Crippen molar-refractivity contribution < 1.29 is 23.8 Å². The van der Waals surface area contributed by atoms with Gasteiger partial charge in [-0.3, -0.25) is 19.6 Å². The van der Waals surface area contributed by atoms with Crippen LogP contribution in [0.3, 0.4) is 0 Å². The van der Waals surface area contributed by atoms with Gasteiger partial charge in [-0.05, 0) is 37.6 Å². The van der Waals surface area contributed by atoms with Crippen LogP contribution in [0.1, 0.15) is 35.8 Å². The standard InChI is InChI=1S/C20H22N2O5.2ClH/c1-3-26-20(24)5-4-12-27-18-13-16(22-14-19(18)25-2)6-7-17(23)15-8-10-21-11-9-15;;/h6-11,13-14H,3-5,12H2,1-2H3;2*1H. The molecule has 158 valence electrons. The summed E-state index contributed by atoms with van der Waals surface area (Å²) >= 11 is 0. The zero-order valence-corrected chi connectivity index (χ0v) is 17.8. The van der Waals surface area contributed by atoms with Gasteiger partial charge in [-0.15, -0.1) is 24.8 Å². The number of aromatic nitrogens is 2. The van der Waals surface area contributed by atoms with Gasteiger partial charge in [-0.2, -0.15) is 0 Å². The van der Waals surface area contributed by atoms with E-state index in [1.54, 1.807) is 43.6 Å². The lowest BCUT2D eigenvalue weighted by atomic mass is 10.1. The van der Waals surface area contributed by atoms with E-state index in [9.17, 15) is 9.59 Å². The number of carbonyl (C=O) groups excluding carboxylic acids is 2. The van der Waals surface area contributed by atoms with Crippen molar-refractivity contribution >= 4 is 42.6 Å². The number of halogens is 2. The Labute approximate surface area is 182 Å². The minimum absolute atomic E-state index is 0. The molecule has 0 aromatic carbocycles. The highest BCUT2D eigenvalue weighted by Gasteiger charge is 2.08. The second-order valence-corrected chi connectivity index (χ2v) is 5.45. The largest absolute Gasteiger partial charge is 0.491 e. The van der Waals surface area contributed by atoms with Crippen LogP contribution in [0.15, 0.2) is 42.9 Å². The van der Waals surface area contributed by atoms with Crippen molar-refractivity contribution in [1.82, 2.24) is 9.97 Å². The predicted molar refractivity (Wildman–Crippen MR) is 114 cm³/mol. The summed E-state index contributed by atoms with van der Waals surface area (Å²) in [6, 6.07) is 4.97. The topological polar surface area (TPSA) is 87.6 Å². The number of ether oxygens (including phenoxy) is 3. The Morgan fingerprint density at radius 2 is 1.86 bits per heavy atom. The van der Waals surface area contributed by atoms with Crippen molar-refractivity contribution in [2.75, 3.05) is 20.3 Å². The SMILES string of the molecule is CCOC(=O)CCCOc1cc(C=CC(=O)c2ccncc2)ncc1OC.Cl.Cl. The fourth-order valence-corrected chi connectivity index (χ4v) is 2.20. The molecule has 0 unspecified atom stereocenters. The number of esters is 1. The third-order valence-corrected chi connectivity index (χ3v) is 3.53. The third kappa shape index (κ3) is 8.93. The number of rotatable bonds is 10. The molecule has 2 aromatic heterocycles. The molecule has 2 heterocycles. The quantitative estimate of drug-likeness (QED) is 0.238. The molecule has 0 N–H and O–H groups in total. The maximum Gasteiger partial charge on any atom is 0.305 e. The summed E-state index contributed by atoms with van der Waals surface area (Å²) in [5.41, 5.74) is 1.10. The monoisotopic (exact) mass is 442 g/mol. The molecular formula is C20H24Cl2N2O5. The van der Waals surface area contributed by atoms with Gasteiger partial charge >= 0.3 is 5.97 Å². The van der Waals surface area contributed by atoms with Gasteiger partial charge in [0.25, 0.3) is 0 Å². The summed E-state index contributed by atoms with van der Waals surface area (Å²) in [6.07, 6.45) is 8.51. The van der Waals surface area contributed by atoms with Gasteiger partial charge < -0.3 is 14.2 Å². The number of hydrogen-bond donors (Lipinski definition) is 0. The second kappa shape index (κ2) is 14.4. The lowest BCUT2D eigenvalue weighted by Gasteiger charge is -2.10. The minimum Gasteiger partial charge on any atom is -0.491 e. The molecule has 0 saturated heterocycles. The highest BCUT2D eigenvalue weighted by molar-refractivity contribution is 6.06. The van der Waals surface area contributed by atoms with Crippen molar-refractivity contribution in [3.63, 3.8) is 0 Å². The smallest absolute Gasteiger partial charge is 0.305 e. The molecule has 0 spiro atoms. The summed E-state index contributed by atoms with van der Waals surface area (Å²) < 4.78 is 15.8. The van der Waals surface area contributed by atoms with Crippen LogP contribution < -0.4 is 9.47 Å². The molecule has 2 aromatic rings. The Kier molecular flexibility index (Phi) is 13.1. The molecular weight excluding hydrogens is 419 g/mol. The second-order valence-electron chi connectivity index (χ2n) is 5.45. The highest BCUT2D eigenvalue weighted by atomic mass is 35.5. The van der Waals surface area contributed by atoms with Crippen molar-refractivity contribution in [2.24, 2.45) is 0 Å². The molecule has 2 rings (SSSR count). The maximum atomic E-state index is 12.1. The first-order valence-corrected chi connectivity index (χ1v) is 8.59. The maximum absolute atomic E-state index is 12.1. The van der Waals surface area contributed by atoms with Crippen LogP contribution in [-0.2, 0) is 9.53 Å². The van der Waals surface area contributed by atoms with E-state index >= 15 is 0 Å². The van der Waals surface area contributed by atoms with E-state index in [2.05, 4.69) is 9.97 Å². The van der Waals surface area contributed by atoms with E-state index in [-0.39, 0.29) is 43.0 Å². The van der Waals surface area contributed by atoms with E-state index in [0.29, 0.717) is 42.4 Å². The van der Waals surface area contributed by atoms with Crippen molar-refractivity contribution in [3.05, 3.63) is 54.1 Å². The highest BCUT2D eigenvalue weighted by Crippen LogP contribution is 2.27. The lowest BCUT2D eigenvalue weighted by Crippen LogP contribution is -2.07. The first kappa shape index (κ1) is 26.4. The summed E-state index contributed by atoms with van der Waals surface area (Å²) in [5.74, 6) is 0.573. The van der Waals surface area contributed by atoms with E-state index in [4.69, 9.17) is 14.2 Å². The predicted octanol–water partition coefficient (Wildman–Crippen LogP) is 3.95. The zero-order valence-electron chi connectivity index (χ0n) is 16.2. The first-order valence-electron chi connectivity index (χ1n) is 8.59. The summed E-state index contributed by atoms with van der Waals surface area (Å²) in [6.45, 7) is 2.47. The Morgan fingerprint density at radius 1 is 1.14 bits per heavy atom. The van der Waals surface area contributed by atoms with E-state index < -0.39 is 0 Å². The Hall–Kier alpha value is -2.64. The molecule has 0 radical (unpaired) electrons. The Balaban J connectivity index is 0.00000392. The number of carbonyl (C=O) groups is 2. The van der Waals surface area contributed by atoms with Crippen LogP contribution >= 0.6 is 24.8 Å². The van der Waals surface area contributed by atoms with Gasteiger partial charge in [0.15, 0.2) is 17.3 Å². The third-order valence-electron chi connectivity index (χ3n) is 3.53. The number of hydrogen-bond acceptors (Lipinski definition) is 7. The summed E-state index contributed by atoms with van der Waals surface area (Å²) in [5, 5.41) is 0. The molecule has 0 fully saturated rings. The van der Waals surface area contributed by atoms with Gasteiger partial charge in [-0.1, -0.05) is 0 Å². The molecule has 0 atom stereocenters. The molecule has 0 aliphatic carbocycles. The molecule has 7 nitrogen and oxygen atoms in total. The van der Waals surface area contributed by atoms with Gasteiger partial charge in [0.2, 0.25) is 0 Å².